The molecule has 1 N–H and O–H groups in total. The highest BCUT2D eigenvalue weighted by atomic mass is 19.4. The Bertz CT molecular complexity index is 481. The van der Waals surface area contributed by atoms with E-state index in [4.69, 9.17) is 5.21 Å². The lowest BCUT2D eigenvalue weighted by molar-refractivity contribution is -0.290. The molecule has 1 aromatic rings. The second kappa shape index (κ2) is 5.02. The lowest BCUT2D eigenvalue weighted by atomic mass is 10.3. The van der Waals surface area contributed by atoms with Crippen LogP contribution in [0.5, 0.6) is 5.88 Å². The summed E-state index contributed by atoms with van der Waals surface area (Å²) in [5.41, 5.74) is 0.272. The molecule has 19 heavy (non-hydrogen) atoms. The third-order valence-electron chi connectivity index (χ3n) is 2.21. The first kappa shape index (κ1) is 15.2. The second-order valence-electron chi connectivity index (χ2n) is 3.66. The van der Waals surface area contributed by atoms with Crippen LogP contribution in [0.4, 0.5) is 22.0 Å². The minimum absolute atomic E-state index is 0.0166. The maximum atomic E-state index is 12.7. The molecule has 108 valence electrons. The highest BCUT2D eigenvalue weighted by Gasteiger charge is 2.58. The van der Waals surface area contributed by atoms with E-state index < -0.39 is 18.7 Å². The molecule has 0 bridgehead atoms. The number of hydrogen-bond acceptors (Lipinski definition) is 4. The van der Waals surface area contributed by atoms with Crippen LogP contribution >= 0.6 is 0 Å². The zero-order chi connectivity index (χ0) is 14.8. The number of rotatable bonds is 4. The van der Waals surface area contributed by atoms with E-state index in [1.165, 1.54) is 14.0 Å². The molecule has 0 fully saturated rings. The van der Waals surface area contributed by atoms with Crippen molar-refractivity contribution in [3.05, 3.63) is 11.3 Å². The highest BCUT2D eigenvalue weighted by Crippen LogP contribution is 2.36. The van der Waals surface area contributed by atoms with Crippen LogP contribution in [0.25, 0.3) is 0 Å². The minimum atomic E-state index is -5.70. The monoisotopic (exact) mass is 287 g/mol. The smallest absolute Gasteiger partial charge is 0.456 e. The van der Waals surface area contributed by atoms with Crippen LogP contribution in [-0.4, -0.2) is 39.9 Å². The fraction of sp³-hybridized carbons (Fsp3) is 0.556. The highest BCUT2D eigenvalue weighted by molar-refractivity contribution is 5.83. The van der Waals surface area contributed by atoms with Gasteiger partial charge in [-0.2, -0.15) is 27.1 Å². The van der Waals surface area contributed by atoms with Gasteiger partial charge in [-0.1, -0.05) is 5.16 Å². The van der Waals surface area contributed by atoms with Crippen LogP contribution in [0.1, 0.15) is 11.3 Å². The number of halogens is 5. The summed E-state index contributed by atoms with van der Waals surface area (Å²) in [6, 6.07) is 0. The van der Waals surface area contributed by atoms with Crippen molar-refractivity contribution in [3.8, 4) is 5.88 Å². The van der Waals surface area contributed by atoms with Gasteiger partial charge in [-0.25, -0.2) is 4.68 Å². The molecular weight excluding hydrogens is 277 g/mol. The summed E-state index contributed by atoms with van der Waals surface area (Å²) in [7, 11) is 1.29. The molecule has 0 radical (unpaired) electrons. The van der Waals surface area contributed by atoms with Gasteiger partial charge in [-0.3, -0.25) is 0 Å². The SMILES string of the molecule is Cc1nn(C)c(OCC(F)(F)C(F)(F)F)c1C=NO. The largest absolute Gasteiger partial charge is 0.471 e. The summed E-state index contributed by atoms with van der Waals surface area (Å²) in [5, 5.41) is 14.8. The van der Waals surface area contributed by atoms with Crippen molar-refractivity contribution in [2.45, 2.75) is 19.0 Å². The van der Waals surface area contributed by atoms with Crippen molar-refractivity contribution in [1.82, 2.24) is 9.78 Å². The fourth-order valence-electron chi connectivity index (χ4n) is 1.27. The van der Waals surface area contributed by atoms with Crippen molar-refractivity contribution in [2.24, 2.45) is 12.2 Å². The first-order valence-corrected chi connectivity index (χ1v) is 4.88. The van der Waals surface area contributed by atoms with E-state index >= 15 is 0 Å². The van der Waals surface area contributed by atoms with E-state index in [2.05, 4.69) is 15.0 Å². The molecule has 0 atom stereocenters. The molecule has 10 heteroatoms. The van der Waals surface area contributed by atoms with Crippen molar-refractivity contribution in [1.29, 1.82) is 0 Å². The normalized spacial score (nSPS) is 13.2. The van der Waals surface area contributed by atoms with E-state index in [1.54, 1.807) is 0 Å². The van der Waals surface area contributed by atoms with Crippen LogP contribution in [-0.2, 0) is 7.05 Å². The maximum absolute atomic E-state index is 12.7. The topological polar surface area (TPSA) is 59.6 Å². The van der Waals surface area contributed by atoms with Crippen molar-refractivity contribution in [2.75, 3.05) is 6.61 Å². The van der Waals surface area contributed by atoms with Gasteiger partial charge in [0.1, 0.15) is 0 Å². The number of oxime groups is 1. The minimum Gasteiger partial charge on any atom is -0.471 e. The van der Waals surface area contributed by atoms with Crippen molar-refractivity contribution >= 4 is 6.21 Å². The van der Waals surface area contributed by atoms with Gasteiger partial charge >= 0.3 is 12.1 Å². The maximum Gasteiger partial charge on any atom is 0.456 e. The number of aryl methyl sites for hydroxylation is 2. The molecule has 0 spiro atoms. The molecule has 1 heterocycles. The summed E-state index contributed by atoms with van der Waals surface area (Å²) in [5.74, 6) is -5.34. The quantitative estimate of drug-likeness (QED) is 0.399. The standard InChI is InChI=1S/C9H10F5N3O2/c1-5-6(3-15-18)7(17(2)16-5)19-4-8(10,11)9(12,13)14/h3,18H,4H2,1-2H3. The Morgan fingerprint density at radius 1 is 1.37 bits per heavy atom. The van der Waals surface area contributed by atoms with Gasteiger partial charge in [0.15, 0.2) is 6.61 Å². The van der Waals surface area contributed by atoms with E-state index in [0.717, 1.165) is 10.9 Å². The Labute approximate surface area is 104 Å². The van der Waals surface area contributed by atoms with Gasteiger partial charge in [0.25, 0.3) is 0 Å². The van der Waals surface area contributed by atoms with Crippen molar-refractivity contribution in [3.63, 3.8) is 0 Å². The molecule has 0 aliphatic rings. The Hall–Kier alpha value is -1.87. The summed E-state index contributed by atoms with van der Waals surface area (Å²) in [6.07, 6.45) is -4.87. The number of alkyl halides is 5. The molecule has 5 nitrogen and oxygen atoms in total. The van der Waals surface area contributed by atoms with Crippen LogP contribution < -0.4 is 4.74 Å². The van der Waals surface area contributed by atoms with Crippen LogP contribution in [0, 0.1) is 6.92 Å². The van der Waals surface area contributed by atoms with Gasteiger partial charge < -0.3 is 9.94 Å². The lowest BCUT2D eigenvalue weighted by Crippen LogP contribution is -2.42. The van der Waals surface area contributed by atoms with Gasteiger partial charge in [-0.05, 0) is 6.92 Å². The molecule has 1 aromatic heterocycles. The Morgan fingerprint density at radius 2 is 1.95 bits per heavy atom. The predicted octanol–water partition coefficient (Wildman–Crippen LogP) is 2.11. The zero-order valence-electron chi connectivity index (χ0n) is 9.87. The molecule has 1 rings (SSSR count). The van der Waals surface area contributed by atoms with E-state index in [-0.39, 0.29) is 17.1 Å². The molecule has 0 unspecified atom stereocenters. The van der Waals surface area contributed by atoms with Crippen LogP contribution in [0.2, 0.25) is 0 Å². The number of hydrogen-bond donors (Lipinski definition) is 1. The Balaban J connectivity index is 2.96. The number of aromatic nitrogens is 2. The van der Waals surface area contributed by atoms with E-state index in [1.807, 2.05) is 0 Å². The van der Waals surface area contributed by atoms with Gasteiger partial charge in [-0.15, -0.1) is 0 Å². The van der Waals surface area contributed by atoms with Crippen LogP contribution in [0.15, 0.2) is 5.16 Å². The molecular formula is C9H10F5N3O2. The van der Waals surface area contributed by atoms with Gasteiger partial charge in [0, 0.05) is 7.05 Å². The first-order chi connectivity index (χ1) is 8.60. The molecule has 0 aromatic carbocycles. The van der Waals surface area contributed by atoms with E-state index in [0.29, 0.717) is 0 Å². The average Bonchev–Trinajstić information content (AvgIpc) is 2.50. The fourth-order valence-corrected chi connectivity index (χ4v) is 1.27. The zero-order valence-corrected chi connectivity index (χ0v) is 9.87. The van der Waals surface area contributed by atoms with E-state index in [9.17, 15) is 22.0 Å². The molecule has 0 aliphatic carbocycles. The second-order valence-corrected chi connectivity index (χ2v) is 3.66. The average molecular weight is 287 g/mol. The molecule has 0 saturated heterocycles. The third kappa shape index (κ3) is 3.12. The molecule has 0 aliphatic heterocycles. The number of nitrogens with zero attached hydrogens (tertiary/aromatic N) is 3. The molecule has 0 amide bonds. The first-order valence-electron chi connectivity index (χ1n) is 4.88. The molecule has 0 saturated carbocycles. The Morgan fingerprint density at radius 3 is 2.42 bits per heavy atom. The van der Waals surface area contributed by atoms with Crippen LogP contribution in [0.3, 0.4) is 0 Å². The summed E-state index contributed by atoms with van der Waals surface area (Å²) < 4.78 is 66.8. The van der Waals surface area contributed by atoms with Gasteiger partial charge in [0.05, 0.1) is 17.5 Å². The summed E-state index contributed by atoms with van der Waals surface area (Å²) in [6.45, 7) is -0.437. The summed E-state index contributed by atoms with van der Waals surface area (Å²) in [4.78, 5) is 0. The summed E-state index contributed by atoms with van der Waals surface area (Å²) >= 11 is 0. The Kier molecular flexibility index (Phi) is 4.01. The predicted molar refractivity (Wildman–Crippen MR) is 53.8 cm³/mol. The van der Waals surface area contributed by atoms with Gasteiger partial charge in [0.2, 0.25) is 5.88 Å². The third-order valence-corrected chi connectivity index (χ3v) is 2.21. The lowest BCUT2D eigenvalue weighted by Gasteiger charge is -2.19. The number of ether oxygens (including phenoxy) is 1. The van der Waals surface area contributed by atoms with Crippen molar-refractivity contribution < 1.29 is 31.9 Å².